The molecule has 0 fully saturated rings. The highest BCUT2D eigenvalue weighted by molar-refractivity contribution is 7.90. The van der Waals surface area contributed by atoms with Gasteiger partial charge in [-0.15, -0.1) is 11.3 Å². The molecule has 0 saturated heterocycles. The standard InChI is InChI=1S/C21H15F3N2O2S2/c1-30(27,28)17-10-8-16(9-11-17)26-13-18(20(25-26)21(22,23)24)14-4-6-15(7-5-14)19-3-2-12-29-19/h2-13H,1H3. The zero-order chi connectivity index (χ0) is 21.5. The van der Waals surface area contributed by atoms with Gasteiger partial charge in [0.2, 0.25) is 0 Å². The fourth-order valence-electron chi connectivity index (χ4n) is 3.03. The SMILES string of the molecule is CS(=O)(=O)c1ccc(-n2cc(-c3ccc(-c4cccs4)cc3)c(C(F)(F)F)n2)cc1. The smallest absolute Gasteiger partial charge is 0.240 e. The van der Waals surface area contributed by atoms with Crippen LogP contribution < -0.4 is 0 Å². The van der Waals surface area contributed by atoms with Gasteiger partial charge in [-0.25, -0.2) is 13.1 Å². The maximum Gasteiger partial charge on any atom is 0.435 e. The summed E-state index contributed by atoms with van der Waals surface area (Å²) in [5, 5.41) is 5.67. The number of nitrogens with zero attached hydrogens (tertiary/aromatic N) is 2. The maximum absolute atomic E-state index is 13.6. The van der Waals surface area contributed by atoms with E-state index in [0.29, 0.717) is 11.3 Å². The number of rotatable bonds is 4. The monoisotopic (exact) mass is 448 g/mol. The molecule has 154 valence electrons. The first-order valence-corrected chi connectivity index (χ1v) is 11.5. The molecule has 0 unspecified atom stereocenters. The van der Waals surface area contributed by atoms with Crippen molar-refractivity contribution < 1.29 is 21.6 Å². The number of halogens is 3. The maximum atomic E-state index is 13.6. The van der Waals surface area contributed by atoms with Crippen molar-refractivity contribution >= 4 is 21.2 Å². The minimum Gasteiger partial charge on any atom is -0.240 e. The summed E-state index contributed by atoms with van der Waals surface area (Å²) in [4.78, 5) is 1.11. The zero-order valence-corrected chi connectivity index (χ0v) is 17.2. The van der Waals surface area contributed by atoms with Gasteiger partial charge in [0, 0.05) is 22.9 Å². The molecule has 2 aromatic heterocycles. The molecule has 0 aliphatic carbocycles. The number of alkyl halides is 3. The van der Waals surface area contributed by atoms with E-state index < -0.39 is 21.7 Å². The highest BCUT2D eigenvalue weighted by Crippen LogP contribution is 2.37. The molecule has 30 heavy (non-hydrogen) atoms. The lowest BCUT2D eigenvalue weighted by Gasteiger charge is -2.06. The van der Waals surface area contributed by atoms with E-state index in [1.54, 1.807) is 35.6 Å². The molecule has 0 saturated carbocycles. The zero-order valence-electron chi connectivity index (χ0n) is 15.6. The van der Waals surface area contributed by atoms with E-state index in [4.69, 9.17) is 0 Å². The van der Waals surface area contributed by atoms with E-state index in [1.807, 2.05) is 17.5 Å². The van der Waals surface area contributed by atoms with Crippen LogP contribution in [-0.2, 0) is 16.0 Å². The van der Waals surface area contributed by atoms with Crippen molar-refractivity contribution in [2.45, 2.75) is 11.1 Å². The van der Waals surface area contributed by atoms with Crippen LogP contribution in [-0.4, -0.2) is 24.5 Å². The molecule has 2 heterocycles. The van der Waals surface area contributed by atoms with Gasteiger partial charge in [0.1, 0.15) is 0 Å². The Bertz CT molecular complexity index is 1270. The summed E-state index contributed by atoms with van der Waals surface area (Å²) >= 11 is 1.55. The third-order valence-corrected chi connectivity index (χ3v) is 6.56. The van der Waals surface area contributed by atoms with Crippen LogP contribution in [0.2, 0.25) is 0 Å². The number of hydrogen-bond donors (Lipinski definition) is 0. The Morgan fingerprint density at radius 2 is 1.57 bits per heavy atom. The molecule has 4 rings (SSSR count). The minimum atomic E-state index is -4.64. The lowest BCUT2D eigenvalue weighted by molar-refractivity contribution is -0.140. The van der Waals surface area contributed by atoms with Crippen molar-refractivity contribution in [3.8, 4) is 27.3 Å². The average molecular weight is 448 g/mol. The van der Waals surface area contributed by atoms with Crippen molar-refractivity contribution in [2.24, 2.45) is 0 Å². The Morgan fingerprint density at radius 3 is 2.10 bits per heavy atom. The Kier molecular flexibility index (Phi) is 5.03. The molecule has 0 aliphatic heterocycles. The Labute approximate surface area is 175 Å². The quantitative estimate of drug-likeness (QED) is 0.403. The third kappa shape index (κ3) is 4.03. The predicted molar refractivity (Wildman–Crippen MR) is 110 cm³/mol. The van der Waals surface area contributed by atoms with Crippen LogP contribution in [0, 0.1) is 0 Å². The van der Waals surface area contributed by atoms with E-state index in [0.717, 1.165) is 21.4 Å². The molecule has 4 aromatic rings. The van der Waals surface area contributed by atoms with Crippen LogP contribution in [0.15, 0.2) is 77.1 Å². The van der Waals surface area contributed by atoms with Gasteiger partial charge in [0.05, 0.1) is 10.6 Å². The Morgan fingerprint density at radius 1 is 0.933 bits per heavy atom. The van der Waals surface area contributed by atoms with Crippen molar-refractivity contribution in [1.82, 2.24) is 9.78 Å². The van der Waals surface area contributed by atoms with Crippen LogP contribution in [0.25, 0.3) is 27.3 Å². The molecule has 0 amide bonds. The van der Waals surface area contributed by atoms with Gasteiger partial charge in [0.25, 0.3) is 0 Å². The van der Waals surface area contributed by atoms with Gasteiger partial charge < -0.3 is 0 Å². The number of benzene rings is 2. The van der Waals surface area contributed by atoms with Crippen LogP contribution in [0.4, 0.5) is 13.2 Å². The third-order valence-electron chi connectivity index (χ3n) is 4.51. The van der Waals surface area contributed by atoms with Crippen LogP contribution >= 0.6 is 11.3 Å². The Hall–Kier alpha value is -2.91. The first kappa shape index (κ1) is 20.4. The summed E-state index contributed by atoms with van der Waals surface area (Å²) < 4.78 is 65.2. The lowest BCUT2D eigenvalue weighted by Crippen LogP contribution is -2.08. The summed E-state index contributed by atoms with van der Waals surface area (Å²) in [6, 6.07) is 16.2. The van der Waals surface area contributed by atoms with Crippen molar-refractivity contribution in [3.63, 3.8) is 0 Å². The summed E-state index contributed by atoms with van der Waals surface area (Å²) in [5.74, 6) is 0. The number of hydrogen-bond acceptors (Lipinski definition) is 4. The lowest BCUT2D eigenvalue weighted by atomic mass is 10.0. The van der Waals surface area contributed by atoms with Crippen LogP contribution in [0.3, 0.4) is 0 Å². The van der Waals surface area contributed by atoms with Crippen LogP contribution in [0.1, 0.15) is 5.69 Å². The molecule has 9 heteroatoms. The molecule has 4 nitrogen and oxygen atoms in total. The Balaban J connectivity index is 1.76. The minimum absolute atomic E-state index is 0.0487. The normalized spacial score (nSPS) is 12.3. The van der Waals surface area contributed by atoms with Crippen LogP contribution in [0.5, 0.6) is 0 Å². The molecule has 0 N–H and O–H groups in total. The number of thiophene rings is 1. The molecule has 0 atom stereocenters. The molecule has 0 spiro atoms. The molecular weight excluding hydrogens is 433 g/mol. The van der Waals surface area contributed by atoms with Gasteiger partial charge >= 0.3 is 6.18 Å². The van der Waals surface area contributed by atoms with E-state index in [-0.39, 0.29) is 10.5 Å². The van der Waals surface area contributed by atoms with Gasteiger partial charge in [-0.3, -0.25) is 0 Å². The topological polar surface area (TPSA) is 52.0 Å². The molecular formula is C21H15F3N2O2S2. The largest absolute Gasteiger partial charge is 0.435 e. The van der Waals surface area contributed by atoms with E-state index >= 15 is 0 Å². The van der Waals surface area contributed by atoms with Crippen molar-refractivity contribution in [3.05, 3.63) is 77.9 Å². The first-order chi connectivity index (χ1) is 14.1. The molecule has 2 aromatic carbocycles. The van der Waals surface area contributed by atoms with E-state index in [1.165, 1.54) is 30.5 Å². The second-order valence-corrected chi connectivity index (χ2v) is 9.62. The summed E-state index contributed by atoms with van der Waals surface area (Å²) in [7, 11) is -3.40. The van der Waals surface area contributed by atoms with E-state index in [2.05, 4.69) is 5.10 Å². The van der Waals surface area contributed by atoms with Gasteiger partial charge in [-0.05, 0) is 46.8 Å². The summed E-state index contributed by atoms with van der Waals surface area (Å²) in [5.41, 5.74) is 0.591. The second-order valence-electron chi connectivity index (χ2n) is 6.65. The fraction of sp³-hybridized carbons (Fsp3) is 0.0952. The highest BCUT2D eigenvalue weighted by Gasteiger charge is 2.37. The second kappa shape index (κ2) is 7.41. The number of sulfone groups is 1. The van der Waals surface area contributed by atoms with Gasteiger partial charge in [-0.2, -0.15) is 18.3 Å². The number of aromatic nitrogens is 2. The van der Waals surface area contributed by atoms with E-state index in [9.17, 15) is 21.6 Å². The van der Waals surface area contributed by atoms with Gasteiger partial charge in [-0.1, -0.05) is 30.3 Å². The first-order valence-electron chi connectivity index (χ1n) is 8.74. The summed E-state index contributed by atoms with van der Waals surface area (Å²) in [6.45, 7) is 0. The van der Waals surface area contributed by atoms with Crippen molar-refractivity contribution in [1.29, 1.82) is 0 Å². The highest BCUT2D eigenvalue weighted by atomic mass is 32.2. The molecule has 0 aliphatic rings. The van der Waals surface area contributed by atoms with Gasteiger partial charge in [0.15, 0.2) is 15.5 Å². The summed E-state index contributed by atoms with van der Waals surface area (Å²) in [6.07, 6.45) is -2.27. The predicted octanol–water partition coefficient (Wildman–Crippen LogP) is 5.69. The molecule has 0 bridgehead atoms. The fourth-order valence-corrected chi connectivity index (χ4v) is 4.39. The molecule has 0 radical (unpaired) electrons. The average Bonchev–Trinajstić information content (AvgIpc) is 3.37. The van der Waals surface area contributed by atoms with Crippen molar-refractivity contribution in [2.75, 3.05) is 6.26 Å².